The highest BCUT2D eigenvalue weighted by Gasteiger charge is 2.09. The van der Waals surface area contributed by atoms with Crippen LogP contribution >= 0.6 is 0 Å². The van der Waals surface area contributed by atoms with Crippen LogP contribution in [0.5, 0.6) is 5.75 Å². The molecular formula is C18H18N2O4. The molecule has 0 saturated heterocycles. The molecule has 1 aromatic heterocycles. The molecule has 1 amide bonds. The van der Waals surface area contributed by atoms with Crippen molar-refractivity contribution in [2.75, 3.05) is 7.11 Å². The molecule has 6 heteroatoms. The fourth-order valence-corrected chi connectivity index (χ4v) is 2.47. The number of aryl methyl sites for hydroxylation is 1. The molecule has 124 valence electrons. The normalized spacial score (nSPS) is 10.8. The molecule has 0 bridgehead atoms. The standard InChI is InChI=1S/C18H18N2O4/c1-20-15-9-13(5-8-16(15)24-18(20)22)10-17(21)19-11-12-3-6-14(23-2)7-4-12/h3-9H,10-11H2,1-2H3,(H,19,21). The zero-order chi connectivity index (χ0) is 17.1. The second kappa shape index (κ2) is 6.62. The lowest BCUT2D eigenvalue weighted by atomic mass is 10.1. The van der Waals surface area contributed by atoms with Crippen molar-refractivity contribution in [1.82, 2.24) is 9.88 Å². The van der Waals surface area contributed by atoms with E-state index in [9.17, 15) is 9.59 Å². The Morgan fingerprint density at radius 1 is 1.17 bits per heavy atom. The number of hydrogen-bond donors (Lipinski definition) is 1. The van der Waals surface area contributed by atoms with Crippen LogP contribution in [0.2, 0.25) is 0 Å². The van der Waals surface area contributed by atoms with E-state index < -0.39 is 5.76 Å². The highest BCUT2D eigenvalue weighted by Crippen LogP contribution is 2.15. The molecule has 24 heavy (non-hydrogen) atoms. The highest BCUT2D eigenvalue weighted by atomic mass is 16.5. The Bertz CT molecular complexity index is 922. The van der Waals surface area contributed by atoms with E-state index in [1.54, 1.807) is 32.4 Å². The topological polar surface area (TPSA) is 73.5 Å². The van der Waals surface area contributed by atoms with Gasteiger partial charge in [0.2, 0.25) is 5.91 Å². The van der Waals surface area contributed by atoms with E-state index in [0.717, 1.165) is 16.9 Å². The second-order valence-corrected chi connectivity index (χ2v) is 5.53. The summed E-state index contributed by atoms with van der Waals surface area (Å²) in [5.74, 6) is 0.286. The monoisotopic (exact) mass is 326 g/mol. The highest BCUT2D eigenvalue weighted by molar-refractivity contribution is 5.81. The number of amides is 1. The van der Waals surface area contributed by atoms with Crippen LogP contribution in [0.4, 0.5) is 0 Å². The van der Waals surface area contributed by atoms with E-state index in [2.05, 4.69) is 5.32 Å². The van der Waals surface area contributed by atoms with Crippen molar-refractivity contribution in [3.8, 4) is 5.75 Å². The van der Waals surface area contributed by atoms with Crippen LogP contribution in [-0.4, -0.2) is 17.6 Å². The fourth-order valence-electron chi connectivity index (χ4n) is 2.47. The van der Waals surface area contributed by atoms with Crippen molar-refractivity contribution < 1.29 is 13.9 Å². The maximum atomic E-state index is 12.1. The Labute approximate surface area is 138 Å². The van der Waals surface area contributed by atoms with Gasteiger partial charge in [0.25, 0.3) is 0 Å². The van der Waals surface area contributed by atoms with Crippen molar-refractivity contribution in [3.63, 3.8) is 0 Å². The molecule has 0 aliphatic rings. The van der Waals surface area contributed by atoms with Gasteiger partial charge in [-0.1, -0.05) is 18.2 Å². The van der Waals surface area contributed by atoms with E-state index in [0.29, 0.717) is 17.6 Å². The van der Waals surface area contributed by atoms with Crippen molar-refractivity contribution in [2.24, 2.45) is 7.05 Å². The van der Waals surface area contributed by atoms with Gasteiger partial charge < -0.3 is 14.5 Å². The zero-order valence-electron chi connectivity index (χ0n) is 13.5. The number of carbonyl (C=O) groups is 1. The van der Waals surface area contributed by atoms with Gasteiger partial charge in [-0.15, -0.1) is 0 Å². The first-order chi connectivity index (χ1) is 11.6. The van der Waals surface area contributed by atoms with Crippen LogP contribution in [-0.2, 0) is 24.8 Å². The molecule has 6 nitrogen and oxygen atoms in total. The van der Waals surface area contributed by atoms with Crippen molar-refractivity contribution in [1.29, 1.82) is 0 Å². The molecule has 0 aliphatic carbocycles. The number of aromatic nitrogens is 1. The maximum absolute atomic E-state index is 12.1. The first-order valence-electron chi connectivity index (χ1n) is 7.55. The van der Waals surface area contributed by atoms with E-state index in [-0.39, 0.29) is 12.3 Å². The Balaban J connectivity index is 1.63. The molecule has 0 saturated carbocycles. The molecule has 3 aromatic rings. The largest absolute Gasteiger partial charge is 0.497 e. The van der Waals surface area contributed by atoms with E-state index >= 15 is 0 Å². The minimum atomic E-state index is -0.411. The summed E-state index contributed by atoms with van der Waals surface area (Å²) in [6.45, 7) is 0.454. The number of carbonyl (C=O) groups excluding carboxylic acids is 1. The first-order valence-corrected chi connectivity index (χ1v) is 7.55. The number of hydrogen-bond acceptors (Lipinski definition) is 4. The van der Waals surface area contributed by atoms with Gasteiger partial charge in [0.05, 0.1) is 19.0 Å². The Morgan fingerprint density at radius 3 is 2.58 bits per heavy atom. The molecule has 0 atom stereocenters. The quantitative estimate of drug-likeness (QED) is 0.778. The van der Waals surface area contributed by atoms with Gasteiger partial charge >= 0.3 is 5.76 Å². The Hall–Kier alpha value is -3.02. The molecule has 0 aliphatic heterocycles. The molecule has 2 aromatic carbocycles. The number of oxazole rings is 1. The van der Waals surface area contributed by atoms with Gasteiger partial charge in [-0.2, -0.15) is 0 Å². The minimum Gasteiger partial charge on any atom is -0.497 e. The molecule has 1 heterocycles. The van der Waals surface area contributed by atoms with Crippen LogP contribution in [0.3, 0.4) is 0 Å². The van der Waals surface area contributed by atoms with Crippen LogP contribution in [0.15, 0.2) is 51.7 Å². The molecule has 0 unspecified atom stereocenters. The molecule has 3 rings (SSSR count). The summed E-state index contributed by atoms with van der Waals surface area (Å²) in [5, 5.41) is 2.88. The lowest BCUT2D eigenvalue weighted by Gasteiger charge is -2.07. The Kier molecular flexibility index (Phi) is 4.37. The van der Waals surface area contributed by atoms with E-state index in [1.807, 2.05) is 24.3 Å². The molecule has 0 fully saturated rings. The maximum Gasteiger partial charge on any atom is 0.419 e. The summed E-state index contributed by atoms with van der Waals surface area (Å²) in [6.07, 6.45) is 0.242. The van der Waals surface area contributed by atoms with Crippen molar-refractivity contribution in [2.45, 2.75) is 13.0 Å². The smallest absolute Gasteiger partial charge is 0.419 e. The van der Waals surface area contributed by atoms with Gasteiger partial charge in [0.15, 0.2) is 5.58 Å². The number of fused-ring (bicyclic) bond motifs is 1. The van der Waals surface area contributed by atoms with Crippen LogP contribution < -0.4 is 15.8 Å². The van der Waals surface area contributed by atoms with Gasteiger partial charge in [-0.25, -0.2) is 4.79 Å². The van der Waals surface area contributed by atoms with Gasteiger partial charge in [-0.05, 0) is 35.4 Å². The molecule has 0 spiro atoms. The second-order valence-electron chi connectivity index (χ2n) is 5.53. The van der Waals surface area contributed by atoms with Gasteiger partial charge in [0.1, 0.15) is 5.75 Å². The summed E-state index contributed by atoms with van der Waals surface area (Å²) < 4.78 is 11.6. The number of nitrogens with zero attached hydrogens (tertiary/aromatic N) is 1. The molecular weight excluding hydrogens is 308 g/mol. The van der Waals surface area contributed by atoms with E-state index in [1.165, 1.54) is 4.57 Å². The Morgan fingerprint density at radius 2 is 1.88 bits per heavy atom. The number of methoxy groups -OCH3 is 1. The van der Waals surface area contributed by atoms with Crippen LogP contribution in [0.25, 0.3) is 11.1 Å². The van der Waals surface area contributed by atoms with Gasteiger partial charge in [0, 0.05) is 13.6 Å². The summed E-state index contributed by atoms with van der Waals surface area (Å²) >= 11 is 0. The van der Waals surface area contributed by atoms with E-state index in [4.69, 9.17) is 9.15 Å². The number of nitrogens with one attached hydrogen (secondary N) is 1. The summed E-state index contributed by atoms with van der Waals surface area (Å²) in [5.41, 5.74) is 3.02. The third-order valence-electron chi connectivity index (χ3n) is 3.87. The molecule has 0 radical (unpaired) electrons. The number of rotatable bonds is 5. The zero-order valence-corrected chi connectivity index (χ0v) is 13.5. The summed E-state index contributed by atoms with van der Waals surface area (Å²) in [4.78, 5) is 23.6. The van der Waals surface area contributed by atoms with Crippen molar-refractivity contribution >= 4 is 17.0 Å². The van der Waals surface area contributed by atoms with Crippen molar-refractivity contribution in [3.05, 3.63) is 64.1 Å². The molecule has 1 N–H and O–H groups in total. The first kappa shape index (κ1) is 15.9. The number of benzene rings is 2. The van der Waals surface area contributed by atoms with Crippen LogP contribution in [0, 0.1) is 0 Å². The minimum absolute atomic E-state index is 0.0846. The predicted octanol–water partition coefficient (Wildman–Crippen LogP) is 2.00. The van der Waals surface area contributed by atoms with Gasteiger partial charge in [-0.3, -0.25) is 9.36 Å². The predicted molar refractivity (Wildman–Crippen MR) is 90.0 cm³/mol. The average molecular weight is 326 g/mol. The summed E-state index contributed by atoms with van der Waals surface area (Å²) in [6, 6.07) is 12.8. The fraction of sp³-hybridized carbons (Fsp3) is 0.222. The summed E-state index contributed by atoms with van der Waals surface area (Å²) in [7, 11) is 3.26. The number of ether oxygens (including phenoxy) is 1. The average Bonchev–Trinajstić information content (AvgIpc) is 2.88. The SMILES string of the molecule is COc1ccc(CNC(=O)Cc2ccc3oc(=O)n(C)c3c2)cc1. The lowest BCUT2D eigenvalue weighted by molar-refractivity contribution is -0.120. The van der Waals surface area contributed by atoms with Crippen LogP contribution in [0.1, 0.15) is 11.1 Å². The third-order valence-corrected chi connectivity index (χ3v) is 3.87. The lowest BCUT2D eigenvalue weighted by Crippen LogP contribution is -2.24. The third kappa shape index (κ3) is 3.32.